The minimum atomic E-state index is 0.904. The fourth-order valence-electron chi connectivity index (χ4n) is 1.37. The molecule has 0 spiro atoms. The van der Waals surface area contributed by atoms with Gasteiger partial charge in [-0.3, -0.25) is 4.57 Å². The van der Waals surface area contributed by atoms with E-state index in [1.165, 1.54) is 10.6 Å². The van der Waals surface area contributed by atoms with Crippen LogP contribution >= 0.6 is 23.6 Å². The quantitative estimate of drug-likeness (QED) is 0.622. The third-order valence-electron chi connectivity index (χ3n) is 1.95. The molecule has 0 aliphatic heterocycles. The molecule has 1 nitrogen and oxygen atoms in total. The number of aromatic nitrogens is 1. The second kappa shape index (κ2) is 2.99. The maximum Gasteiger partial charge on any atom is 0.165 e. The summed E-state index contributed by atoms with van der Waals surface area (Å²) in [5.74, 6) is 0. The molecule has 0 aromatic carbocycles. The van der Waals surface area contributed by atoms with Crippen LogP contribution in [-0.2, 0) is 6.42 Å². The summed E-state index contributed by atoms with van der Waals surface area (Å²) in [6.45, 7) is 3.74. The van der Waals surface area contributed by atoms with Crippen LogP contribution < -0.4 is 0 Å². The van der Waals surface area contributed by atoms with Crippen LogP contribution in [0.5, 0.6) is 0 Å². The molecule has 1 heterocycles. The van der Waals surface area contributed by atoms with E-state index in [-0.39, 0.29) is 0 Å². The molecular weight excluding hydrogens is 186 g/mol. The van der Waals surface area contributed by atoms with Crippen LogP contribution in [0.2, 0.25) is 0 Å². The van der Waals surface area contributed by atoms with Gasteiger partial charge in [0.1, 0.15) is 0 Å². The van der Waals surface area contributed by atoms with Crippen LogP contribution in [0, 0.1) is 3.95 Å². The van der Waals surface area contributed by atoms with Crippen molar-refractivity contribution in [1.29, 1.82) is 0 Å². The summed E-state index contributed by atoms with van der Waals surface area (Å²) < 4.78 is 2.88. The summed E-state index contributed by atoms with van der Waals surface area (Å²) >= 11 is 6.89. The molecule has 0 saturated carbocycles. The van der Waals surface area contributed by atoms with E-state index in [0.29, 0.717) is 0 Å². The first-order chi connectivity index (χ1) is 5.83. The van der Waals surface area contributed by atoms with Crippen molar-refractivity contribution in [2.75, 3.05) is 0 Å². The molecule has 3 heteroatoms. The third-order valence-corrected chi connectivity index (χ3v) is 3.43. The predicted molar refractivity (Wildman–Crippen MR) is 56.9 cm³/mol. The first-order valence-corrected chi connectivity index (χ1v) is 5.08. The number of hydrogen-bond donors (Lipinski definition) is 0. The minimum Gasteiger partial charge on any atom is -0.299 e. The molecule has 0 fully saturated rings. The Hall–Kier alpha value is -0.670. The van der Waals surface area contributed by atoms with Crippen LogP contribution in [0.3, 0.4) is 0 Å². The minimum absolute atomic E-state index is 0.904. The highest BCUT2D eigenvalue weighted by Crippen LogP contribution is 2.26. The summed E-state index contributed by atoms with van der Waals surface area (Å²) in [4.78, 5) is 1.39. The number of fused-ring (bicyclic) bond motifs is 1. The maximum atomic E-state index is 5.20. The van der Waals surface area contributed by atoms with Crippen molar-refractivity contribution < 1.29 is 0 Å². The van der Waals surface area contributed by atoms with Crippen molar-refractivity contribution in [1.82, 2.24) is 4.57 Å². The largest absolute Gasteiger partial charge is 0.299 e. The van der Waals surface area contributed by atoms with Gasteiger partial charge in [-0.2, -0.15) is 0 Å². The lowest BCUT2D eigenvalue weighted by molar-refractivity contribution is 0.980. The molecule has 0 bridgehead atoms. The average Bonchev–Trinajstić information content (AvgIpc) is 2.40. The molecule has 1 aromatic heterocycles. The first-order valence-electron chi connectivity index (χ1n) is 3.86. The van der Waals surface area contributed by atoms with E-state index in [9.17, 15) is 0 Å². The number of thiazole rings is 1. The Morgan fingerprint density at radius 2 is 2.50 bits per heavy atom. The fraction of sp³-hybridized carbons (Fsp3) is 0.222. The van der Waals surface area contributed by atoms with Crippen molar-refractivity contribution in [2.45, 2.75) is 12.8 Å². The second-order valence-electron chi connectivity index (χ2n) is 2.67. The van der Waals surface area contributed by atoms with E-state index in [2.05, 4.69) is 18.7 Å². The van der Waals surface area contributed by atoms with E-state index in [1.54, 1.807) is 17.5 Å². The molecular formula is C9H9NS2. The molecule has 0 unspecified atom stereocenters. The summed E-state index contributed by atoms with van der Waals surface area (Å²) in [5, 5.41) is 0. The SMILES string of the molecule is C=Cn1c2c(sc1=S)CCC=C2. The number of aryl methyl sites for hydroxylation is 1. The molecule has 1 aliphatic rings. The molecule has 1 aliphatic carbocycles. The van der Waals surface area contributed by atoms with Gasteiger partial charge in [-0.05, 0) is 31.1 Å². The van der Waals surface area contributed by atoms with Gasteiger partial charge in [-0.1, -0.05) is 12.7 Å². The topological polar surface area (TPSA) is 4.93 Å². The lowest BCUT2D eigenvalue weighted by atomic mass is 10.1. The van der Waals surface area contributed by atoms with Gasteiger partial charge in [0.15, 0.2) is 3.95 Å². The molecule has 12 heavy (non-hydrogen) atoms. The summed E-state index contributed by atoms with van der Waals surface area (Å²) in [7, 11) is 0. The predicted octanol–water partition coefficient (Wildman–Crippen LogP) is 3.34. The Morgan fingerprint density at radius 3 is 3.25 bits per heavy atom. The van der Waals surface area contributed by atoms with Crippen molar-refractivity contribution in [2.24, 2.45) is 0 Å². The van der Waals surface area contributed by atoms with Gasteiger partial charge < -0.3 is 0 Å². The Labute approximate surface area is 80.7 Å². The van der Waals surface area contributed by atoms with Crippen LogP contribution in [-0.4, -0.2) is 4.57 Å². The van der Waals surface area contributed by atoms with Crippen LogP contribution in [0.25, 0.3) is 12.3 Å². The standard InChI is InChI=1S/C9H9NS2/c1-2-10-7-5-3-4-6-8(7)12-9(10)11/h2-3,5H,1,4,6H2. The highest BCUT2D eigenvalue weighted by molar-refractivity contribution is 7.73. The lowest BCUT2D eigenvalue weighted by Crippen LogP contribution is -1.94. The van der Waals surface area contributed by atoms with Crippen molar-refractivity contribution in [3.63, 3.8) is 0 Å². The Bertz CT molecular complexity index is 395. The Morgan fingerprint density at radius 1 is 1.67 bits per heavy atom. The fourth-order valence-corrected chi connectivity index (χ4v) is 2.82. The van der Waals surface area contributed by atoms with Gasteiger partial charge in [0.25, 0.3) is 0 Å². The highest BCUT2D eigenvalue weighted by atomic mass is 32.1. The number of allylic oxidation sites excluding steroid dienone is 1. The molecule has 0 N–H and O–H groups in total. The third kappa shape index (κ3) is 1.09. The van der Waals surface area contributed by atoms with Gasteiger partial charge in [0, 0.05) is 11.1 Å². The van der Waals surface area contributed by atoms with Gasteiger partial charge in [-0.15, -0.1) is 11.3 Å². The zero-order valence-corrected chi connectivity index (χ0v) is 8.25. The number of hydrogen-bond acceptors (Lipinski definition) is 2. The molecule has 0 atom stereocenters. The molecule has 0 amide bonds. The first kappa shape index (κ1) is 7.95. The molecule has 1 aromatic rings. The van der Waals surface area contributed by atoms with E-state index in [1.807, 2.05) is 4.57 Å². The van der Waals surface area contributed by atoms with Gasteiger partial charge in [0.05, 0.1) is 5.69 Å². The molecule has 2 rings (SSSR count). The monoisotopic (exact) mass is 195 g/mol. The van der Waals surface area contributed by atoms with E-state index in [4.69, 9.17) is 12.2 Å². The average molecular weight is 195 g/mol. The summed E-state index contributed by atoms with van der Waals surface area (Å²) in [5.41, 5.74) is 1.23. The van der Waals surface area contributed by atoms with E-state index < -0.39 is 0 Å². The van der Waals surface area contributed by atoms with Gasteiger partial charge in [0.2, 0.25) is 0 Å². The smallest absolute Gasteiger partial charge is 0.165 e. The molecule has 0 saturated heterocycles. The van der Waals surface area contributed by atoms with Crippen LogP contribution in [0.15, 0.2) is 12.7 Å². The zero-order chi connectivity index (χ0) is 8.55. The highest BCUT2D eigenvalue weighted by Gasteiger charge is 2.10. The number of rotatable bonds is 1. The second-order valence-corrected chi connectivity index (χ2v) is 4.40. The van der Waals surface area contributed by atoms with Crippen molar-refractivity contribution in [3.05, 3.63) is 27.2 Å². The Balaban J connectivity index is 2.71. The lowest BCUT2D eigenvalue weighted by Gasteiger charge is -2.04. The van der Waals surface area contributed by atoms with Crippen LogP contribution in [0.1, 0.15) is 17.0 Å². The maximum absolute atomic E-state index is 5.20. The Kier molecular flexibility index (Phi) is 1.98. The van der Waals surface area contributed by atoms with Crippen LogP contribution in [0.4, 0.5) is 0 Å². The zero-order valence-electron chi connectivity index (χ0n) is 6.62. The summed E-state index contributed by atoms with van der Waals surface area (Å²) in [6, 6.07) is 0. The van der Waals surface area contributed by atoms with E-state index >= 15 is 0 Å². The van der Waals surface area contributed by atoms with Crippen molar-refractivity contribution in [3.8, 4) is 0 Å². The van der Waals surface area contributed by atoms with E-state index in [0.717, 1.165) is 16.8 Å². The normalized spacial score (nSPS) is 14.3. The summed E-state index contributed by atoms with van der Waals surface area (Å²) in [6.07, 6.45) is 8.37. The van der Waals surface area contributed by atoms with Crippen molar-refractivity contribution >= 4 is 35.8 Å². The molecule has 0 radical (unpaired) electrons. The number of nitrogens with zero attached hydrogens (tertiary/aromatic N) is 1. The van der Waals surface area contributed by atoms with Gasteiger partial charge >= 0.3 is 0 Å². The van der Waals surface area contributed by atoms with Gasteiger partial charge in [-0.25, -0.2) is 0 Å². The molecule has 62 valence electrons.